The predicted molar refractivity (Wildman–Crippen MR) is 61.9 cm³/mol. The molecule has 0 aromatic heterocycles. The molecule has 0 aliphatic rings. The van der Waals surface area contributed by atoms with Crippen molar-refractivity contribution in [1.82, 2.24) is 5.32 Å². The van der Waals surface area contributed by atoms with Gasteiger partial charge in [0, 0.05) is 12.6 Å². The summed E-state index contributed by atoms with van der Waals surface area (Å²) in [5.41, 5.74) is 5.62. The average Bonchev–Trinajstić information content (AvgIpc) is 2.16. The second-order valence-corrected chi connectivity index (χ2v) is 4.12. The highest BCUT2D eigenvalue weighted by Gasteiger charge is 2.03. The number of hydrogen-bond acceptors (Lipinski definition) is 3. The molecule has 0 fully saturated rings. The maximum absolute atomic E-state index is 5.62. The molecule has 0 amide bonds. The number of nitrogens with two attached hydrogens (primary N) is 1. The van der Waals surface area contributed by atoms with E-state index in [1.165, 1.54) is 11.5 Å². The minimum atomic E-state index is 0.430. The van der Waals surface area contributed by atoms with Gasteiger partial charge in [-0.1, -0.05) is 12.8 Å². The van der Waals surface area contributed by atoms with E-state index in [9.17, 15) is 0 Å². The summed E-state index contributed by atoms with van der Waals surface area (Å²) < 4.78 is 0. The molecule has 0 bridgehead atoms. The smallest absolute Gasteiger partial charge is 0.0578 e. The third kappa shape index (κ3) is 8.17. The summed E-state index contributed by atoms with van der Waals surface area (Å²) in [6.45, 7) is 5.50. The summed E-state index contributed by atoms with van der Waals surface area (Å²) in [5.74, 6) is 8.21. The highest BCUT2D eigenvalue weighted by Crippen LogP contribution is 2.03. The van der Waals surface area contributed by atoms with Crippen LogP contribution in [0.15, 0.2) is 0 Å². The normalized spacial score (nSPS) is 11.9. The molecule has 0 aromatic carbocycles. The Labute approximate surface area is 86.0 Å². The molecule has 1 unspecified atom stereocenters. The molecule has 76 valence electrons. The van der Waals surface area contributed by atoms with Crippen LogP contribution in [-0.4, -0.2) is 30.6 Å². The zero-order chi connectivity index (χ0) is 9.94. The van der Waals surface area contributed by atoms with Crippen molar-refractivity contribution in [3.8, 4) is 11.8 Å². The number of hydrogen-bond donors (Lipinski definition) is 2. The van der Waals surface area contributed by atoms with Gasteiger partial charge in [-0.2, -0.15) is 11.8 Å². The number of nitrogens with one attached hydrogen (secondary N) is 1. The molecule has 0 rings (SSSR count). The van der Waals surface area contributed by atoms with E-state index in [0.717, 1.165) is 13.0 Å². The Morgan fingerprint density at radius 3 is 2.85 bits per heavy atom. The van der Waals surface area contributed by atoms with Crippen molar-refractivity contribution >= 4 is 11.8 Å². The van der Waals surface area contributed by atoms with E-state index < -0.39 is 0 Å². The standard InChI is InChI=1S/C10H20N2S/c1-3-5-7-12-10(9-11)6-8-13-4-2/h10,12H,4,6-9,11H2,1-2H3. The van der Waals surface area contributed by atoms with Crippen molar-refractivity contribution < 1.29 is 0 Å². The Balaban J connectivity index is 3.43. The van der Waals surface area contributed by atoms with E-state index in [0.29, 0.717) is 12.6 Å². The Bertz CT molecular complexity index is 160. The van der Waals surface area contributed by atoms with Crippen LogP contribution < -0.4 is 11.1 Å². The van der Waals surface area contributed by atoms with Crippen LogP contribution in [0.5, 0.6) is 0 Å². The molecule has 1 atom stereocenters. The van der Waals surface area contributed by atoms with Gasteiger partial charge in [0.1, 0.15) is 0 Å². The van der Waals surface area contributed by atoms with E-state index in [4.69, 9.17) is 5.73 Å². The summed E-state index contributed by atoms with van der Waals surface area (Å²) in [7, 11) is 0. The minimum Gasteiger partial charge on any atom is -0.329 e. The first-order chi connectivity index (χ1) is 6.35. The molecule has 0 aliphatic carbocycles. The molecule has 0 saturated heterocycles. The third-order valence-electron chi connectivity index (χ3n) is 1.76. The highest BCUT2D eigenvalue weighted by atomic mass is 32.2. The van der Waals surface area contributed by atoms with Crippen LogP contribution in [0.2, 0.25) is 0 Å². The van der Waals surface area contributed by atoms with Crippen molar-refractivity contribution in [2.45, 2.75) is 26.3 Å². The lowest BCUT2D eigenvalue weighted by Gasteiger charge is -2.14. The van der Waals surface area contributed by atoms with Gasteiger partial charge in [0.05, 0.1) is 6.54 Å². The lowest BCUT2D eigenvalue weighted by molar-refractivity contribution is 0.541. The third-order valence-corrected chi connectivity index (χ3v) is 2.69. The van der Waals surface area contributed by atoms with E-state index in [2.05, 4.69) is 24.1 Å². The van der Waals surface area contributed by atoms with Gasteiger partial charge in [-0.25, -0.2) is 0 Å². The van der Waals surface area contributed by atoms with Gasteiger partial charge in [0.25, 0.3) is 0 Å². The summed E-state index contributed by atoms with van der Waals surface area (Å²) in [4.78, 5) is 0. The van der Waals surface area contributed by atoms with Gasteiger partial charge in [0.15, 0.2) is 0 Å². The highest BCUT2D eigenvalue weighted by molar-refractivity contribution is 7.99. The molecule has 0 radical (unpaired) electrons. The fraction of sp³-hybridized carbons (Fsp3) is 0.800. The van der Waals surface area contributed by atoms with Gasteiger partial charge in [-0.15, -0.1) is 5.92 Å². The van der Waals surface area contributed by atoms with E-state index in [1.807, 2.05) is 18.7 Å². The molecular weight excluding hydrogens is 180 g/mol. The largest absolute Gasteiger partial charge is 0.329 e. The Hall–Kier alpha value is -0.170. The second-order valence-electron chi connectivity index (χ2n) is 2.73. The van der Waals surface area contributed by atoms with Crippen LogP contribution in [-0.2, 0) is 0 Å². The zero-order valence-electron chi connectivity index (χ0n) is 8.60. The molecule has 3 heteroatoms. The first-order valence-corrected chi connectivity index (χ1v) is 5.91. The molecule has 0 aliphatic heterocycles. The van der Waals surface area contributed by atoms with Crippen LogP contribution in [0.4, 0.5) is 0 Å². The molecular formula is C10H20N2S. The van der Waals surface area contributed by atoms with Crippen LogP contribution in [0.3, 0.4) is 0 Å². The Morgan fingerprint density at radius 1 is 1.54 bits per heavy atom. The van der Waals surface area contributed by atoms with E-state index in [1.54, 1.807) is 0 Å². The van der Waals surface area contributed by atoms with Crippen LogP contribution >= 0.6 is 11.8 Å². The van der Waals surface area contributed by atoms with Crippen molar-refractivity contribution in [2.24, 2.45) is 5.73 Å². The van der Waals surface area contributed by atoms with Gasteiger partial charge in [-0.05, 0) is 24.9 Å². The quantitative estimate of drug-likeness (QED) is 0.477. The average molecular weight is 200 g/mol. The Morgan fingerprint density at radius 2 is 2.31 bits per heavy atom. The fourth-order valence-corrected chi connectivity index (χ4v) is 1.70. The van der Waals surface area contributed by atoms with E-state index >= 15 is 0 Å². The van der Waals surface area contributed by atoms with Crippen molar-refractivity contribution in [3.05, 3.63) is 0 Å². The molecule has 2 nitrogen and oxygen atoms in total. The van der Waals surface area contributed by atoms with Gasteiger partial charge >= 0.3 is 0 Å². The second kappa shape index (κ2) is 9.91. The van der Waals surface area contributed by atoms with Crippen molar-refractivity contribution in [3.63, 3.8) is 0 Å². The predicted octanol–water partition coefficient (Wildman–Crippen LogP) is 1.07. The van der Waals surface area contributed by atoms with Gasteiger partial charge < -0.3 is 11.1 Å². The summed E-state index contributed by atoms with van der Waals surface area (Å²) in [6.07, 6.45) is 1.14. The monoisotopic (exact) mass is 200 g/mol. The number of rotatable bonds is 7. The first kappa shape index (κ1) is 12.8. The topological polar surface area (TPSA) is 38.0 Å². The molecule has 0 heterocycles. The van der Waals surface area contributed by atoms with E-state index in [-0.39, 0.29) is 0 Å². The summed E-state index contributed by atoms with van der Waals surface area (Å²) in [6, 6.07) is 0.430. The van der Waals surface area contributed by atoms with Gasteiger partial charge in [0.2, 0.25) is 0 Å². The zero-order valence-corrected chi connectivity index (χ0v) is 9.41. The number of thioether (sulfide) groups is 1. The summed E-state index contributed by atoms with van der Waals surface area (Å²) in [5, 5.41) is 3.32. The minimum absolute atomic E-state index is 0.430. The lowest BCUT2D eigenvalue weighted by atomic mass is 10.2. The van der Waals surface area contributed by atoms with Crippen molar-refractivity contribution in [2.75, 3.05) is 24.6 Å². The lowest BCUT2D eigenvalue weighted by Crippen LogP contribution is -2.36. The molecule has 3 N–H and O–H groups in total. The Kier molecular flexibility index (Phi) is 9.78. The molecule has 0 saturated carbocycles. The maximum Gasteiger partial charge on any atom is 0.0578 e. The fourth-order valence-electron chi connectivity index (χ4n) is 0.957. The van der Waals surface area contributed by atoms with Crippen molar-refractivity contribution in [1.29, 1.82) is 0 Å². The molecule has 0 aromatic rings. The van der Waals surface area contributed by atoms with Gasteiger partial charge in [-0.3, -0.25) is 0 Å². The maximum atomic E-state index is 5.62. The van der Waals surface area contributed by atoms with Crippen LogP contribution in [0.1, 0.15) is 20.3 Å². The van der Waals surface area contributed by atoms with Crippen LogP contribution in [0, 0.1) is 11.8 Å². The molecule has 0 spiro atoms. The summed E-state index contributed by atoms with van der Waals surface area (Å²) >= 11 is 1.96. The molecule has 13 heavy (non-hydrogen) atoms. The van der Waals surface area contributed by atoms with Crippen LogP contribution in [0.25, 0.3) is 0 Å². The SMILES string of the molecule is CC#CCNC(CN)CCSCC. The first-order valence-electron chi connectivity index (χ1n) is 4.75.